The average molecular weight is 428 g/mol. The zero-order chi connectivity index (χ0) is 21.5. The molecule has 3 rings (SSSR count). The van der Waals surface area contributed by atoms with Gasteiger partial charge in [-0.15, -0.1) is 11.3 Å². The van der Waals surface area contributed by atoms with Gasteiger partial charge in [0.1, 0.15) is 11.6 Å². The van der Waals surface area contributed by atoms with E-state index < -0.39 is 5.91 Å². The minimum atomic E-state index is -0.425. The Kier molecular flexibility index (Phi) is 7.27. The van der Waals surface area contributed by atoms with Crippen molar-refractivity contribution in [3.8, 4) is 17.6 Å². The van der Waals surface area contributed by atoms with Crippen LogP contribution < -0.4 is 20.1 Å². The number of likely N-dealkylation sites (N-methyl/N-ethyl adjacent to an activating group) is 1. The molecule has 0 saturated carbocycles. The lowest BCUT2D eigenvalue weighted by molar-refractivity contribution is -0.117. The van der Waals surface area contributed by atoms with Crippen LogP contribution in [0.1, 0.15) is 16.1 Å². The molecule has 1 aromatic carbocycles. The lowest BCUT2D eigenvalue weighted by atomic mass is 10.1. The van der Waals surface area contributed by atoms with E-state index in [1.807, 2.05) is 24.3 Å². The second-order valence-corrected chi connectivity index (χ2v) is 7.97. The van der Waals surface area contributed by atoms with Gasteiger partial charge in [-0.3, -0.25) is 4.79 Å². The molecule has 158 valence electrons. The fourth-order valence-electron chi connectivity index (χ4n) is 3.12. The van der Waals surface area contributed by atoms with Crippen molar-refractivity contribution in [2.24, 2.45) is 0 Å². The maximum atomic E-state index is 12.3. The number of nitrogens with zero attached hydrogens (tertiary/aromatic N) is 3. The van der Waals surface area contributed by atoms with Crippen LogP contribution in [0.25, 0.3) is 0 Å². The molecular weight excluding hydrogens is 402 g/mol. The molecule has 1 aliphatic rings. The Morgan fingerprint density at radius 2 is 2.17 bits per heavy atom. The van der Waals surface area contributed by atoms with Crippen LogP contribution in [0.15, 0.2) is 30.0 Å². The number of ether oxygens (including phenoxy) is 2. The normalized spacial score (nSPS) is 13.9. The number of hydrogen-bond donors (Lipinski definition) is 2. The van der Waals surface area contributed by atoms with Crippen molar-refractivity contribution in [2.45, 2.75) is 19.4 Å². The van der Waals surface area contributed by atoms with E-state index in [4.69, 9.17) is 9.47 Å². The molecule has 2 heterocycles. The molecule has 8 nitrogen and oxygen atoms in total. The summed E-state index contributed by atoms with van der Waals surface area (Å²) in [6.07, 6.45) is 2.93. The van der Waals surface area contributed by atoms with Gasteiger partial charge in [0.15, 0.2) is 16.6 Å². The third-order valence-electron chi connectivity index (χ3n) is 4.77. The van der Waals surface area contributed by atoms with Crippen LogP contribution in [-0.4, -0.2) is 50.1 Å². The van der Waals surface area contributed by atoms with Crippen LogP contribution in [0.4, 0.5) is 5.13 Å². The smallest absolute Gasteiger partial charge is 0.263 e. The van der Waals surface area contributed by atoms with Gasteiger partial charge in [0.2, 0.25) is 0 Å². The second-order valence-electron chi connectivity index (χ2n) is 6.89. The molecule has 1 aromatic heterocycles. The molecule has 2 aromatic rings. The molecule has 9 heteroatoms. The van der Waals surface area contributed by atoms with E-state index >= 15 is 0 Å². The Labute approximate surface area is 180 Å². The van der Waals surface area contributed by atoms with E-state index in [2.05, 4.69) is 27.6 Å². The zero-order valence-electron chi connectivity index (χ0n) is 17.3. The highest BCUT2D eigenvalue weighted by molar-refractivity contribution is 7.15. The number of carbonyl (C=O) groups is 1. The molecule has 0 atom stereocenters. The summed E-state index contributed by atoms with van der Waals surface area (Å²) in [6, 6.07) is 7.55. The molecule has 0 spiro atoms. The Bertz CT molecular complexity index is 980. The van der Waals surface area contributed by atoms with E-state index in [9.17, 15) is 10.1 Å². The summed E-state index contributed by atoms with van der Waals surface area (Å²) < 4.78 is 10.5. The van der Waals surface area contributed by atoms with Crippen molar-refractivity contribution >= 4 is 22.4 Å². The molecule has 30 heavy (non-hydrogen) atoms. The van der Waals surface area contributed by atoms with E-state index in [1.165, 1.54) is 11.1 Å². The Hall–Kier alpha value is -3.09. The van der Waals surface area contributed by atoms with Gasteiger partial charge in [-0.2, -0.15) is 5.26 Å². The van der Waals surface area contributed by atoms with Gasteiger partial charge in [0.05, 0.1) is 19.9 Å². The Morgan fingerprint density at radius 3 is 2.90 bits per heavy atom. The number of fused-ring (bicyclic) bond motifs is 1. The van der Waals surface area contributed by atoms with Gasteiger partial charge >= 0.3 is 0 Å². The summed E-state index contributed by atoms with van der Waals surface area (Å²) in [4.78, 5) is 20.4. The number of hydrogen-bond acceptors (Lipinski definition) is 8. The monoisotopic (exact) mass is 427 g/mol. The van der Waals surface area contributed by atoms with Crippen LogP contribution in [-0.2, 0) is 24.2 Å². The standard InChI is InChI=1S/C21H25N5O3S/c1-26-9-7-16-19(13-26)30-21(25-16)24-12-15(11-22)20(27)23-8-6-14-4-5-17(28-2)18(10-14)29-3/h4-5,10,12H,6-9,13H2,1-3H3,(H,23,27)(H,24,25)/b15-12-. The summed E-state index contributed by atoms with van der Waals surface area (Å²) in [5.41, 5.74) is 2.09. The minimum absolute atomic E-state index is 0.00704. The maximum absolute atomic E-state index is 12.3. The second kappa shape index (κ2) is 10.1. The number of amides is 1. The zero-order valence-corrected chi connectivity index (χ0v) is 18.1. The minimum Gasteiger partial charge on any atom is -0.493 e. The molecule has 2 N–H and O–H groups in total. The number of aromatic nitrogens is 1. The van der Waals surface area contributed by atoms with Gasteiger partial charge in [-0.05, 0) is 31.2 Å². The number of thiazole rings is 1. The average Bonchev–Trinajstić information content (AvgIpc) is 3.15. The first-order chi connectivity index (χ1) is 14.5. The highest BCUT2D eigenvalue weighted by Gasteiger charge is 2.18. The first kappa shape index (κ1) is 21.6. The fraction of sp³-hybridized carbons (Fsp3) is 0.381. The lowest BCUT2D eigenvalue weighted by Gasteiger charge is -2.20. The quantitative estimate of drug-likeness (QED) is 0.493. The Balaban J connectivity index is 1.54. The SMILES string of the molecule is COc1ccc(CCNC(=O)/C(C#N)=C\Nc2nc3c(s2)CN(C)CC3)cc1OC. The molecule has 0 saturated heterocycles. The number of carbonyl (C=O) groups excluding carboxylic acids is 1. The van der Waals surface area contributed by atoms with Crippen LogP contribution >= 0.6 is 11.3 Å². The van der Waals surface area contributed by atoms with Crippen molar-refractivity contribution in [3.05, 3.63) is 46.1 Å². The molecule has 1 aliphatic heterocycles. The van der Waals surface area contributed by atoms with Gasteiger partial charge in [0.25, 0.3) is 5.91 Å². The summed E-state index contributed by atoms with van der Waals surface area (Å²) in [6.45, 7) is 2.25. The van der Waals surface area contributed by atoms with E-state index in [0.29, 0.717) is 29.6 Å². The first-order valence-corrected chi connectivity index (χ1v) is 10.4. The van der Waals surface area contributed by atoms with Crippen molar-refractivity contribution in [1.29, 1.82) is 5.26 Å². The number of nitriles is 1. The predicted octanol–water partition coefficient (Wildman–Crippen LogP) is 2.33. The van der Waals surface area contributed by atoms with Crippen molar-refractivity contribution in [3.63, 3.8) is 0 Å². The molecule has 0 unspecified atom stereocenters. The predicted molar refractivity (Wildman–Crippen MR) is 116 cm³/mol. The van der Waals surface area contributed by atoms with E-state index in [0.717, 1.165) is 30.8 Å². The van der Waals surface area contributed by atoms with Gasteiger partial charge in [0, 0.05) is 37.1 Å². The fourth-order valence-corrected chi connectivity index (χ4v) is 4.18. The maximum Gasteiger partial charge on any atom is 0.263 e. The molecule has 0 fully saturated rings. The number of benzene rings is 1. The third-order valence-corrected chi connectivity index (χ3v) is 5.79. The topological polar surface area (TPSA) is 99.5 Å². The lowest BCUT2D eigenvalue weighted by Crippen LogP contribution is -2.27. The highest BCUT2D eigenvalue weighted by Crippen LogP contribution is 2.28. The van der Waals surface area contributed by atoms with E-state index in [1.54, 1.807) is 25.6 Å². The van der Waals surface area contributed by atoms with E-state index in [-0.39, 0.29) is 5.57 Å². The molecule has 0 aliphatic carbocycles. The van der Waals surface area contributed by atoms with Gasteiger partial charge in [-0.25, -0.2) is 4.98 Å². The largest absolute Gasteiger partial charge is 0.493 e. The summed E-state index contributed by atoms with van der Waals surface area (Å²) >= 11 is 1.55. The van der Waals surface area contributed by atoms with Crippen molar-refractivity contribution < 1.29 is 14.3 Å². The third kappa shape index (κ3) is 5.28. The van der Waals surface area contributed by atoms with Gasteiger partial charge in [-0.1, -0.05) is 6.07 Å². The van der Waals surface area contributed by atoms with Crippen molar-refractivity contribution in [1.82, 2.24) is 15.2 Å². The number of rotatable bonds is 8. The molecule has 0 radical (unpaired) electrons. The summed E-state index contributed by atoms with van der Waals surface area (Å²) in [7, 11) is 5.24. The van der Waals surface area contributed by atoms with Gasteiger partial charge < -0.3 is 25.0 Å². The van der Waals surface area contributed by atoms with Crippen LogP contribution in [0.2, 0.25) is 0 Å². The first-order valence-electron chi connectivity index (χ1n) is 9.57. The Morgan fingerprint density at radius 1 is 1.37 bits per heavy atom. The van der Waals surface area contributed by atoms with Crippen LogP contribution in [0, 0.1) is 11.3 Å². The number of nitrogens with one attached hydrogen (secondary N) is 2. The number of methoxy groups -OCH3 is 2. The van der Waals surface area contributed by atoms with Crippen LogP contribution in [0.5, 0.6) is 11.5 Å². The van der Waals surface area contributed by atoms with Crippen molar-refractivity contribution in [2.75, 3.05) is 39.7 Å². The molecule has 0 bridgehead atoms. The molecule has 1 amide bonds. The highest BCUT2D eigenvalue weighted by atomic mass is 32.1. The van der Waals surface area contributed by atoms with Crippen LogP contribution in [0.3, 0.4) is 0 Å². The molecular formula is C21H25N5O3S. The number of anilines is 1. The summed E-state index contributed by atoms with van der Waals surface area (Å²) in [5, 5.41) is 15.8. The summed E-state index contributed by atoms with van der Waals surface area (Å²) in [5.74, 6) is 0.869.